The second kappa shape index (κ2) is 13.0. The maximum atomic E-state index is 13.4. The van der Waals surface area contributed by atoms with E-state index in [1.807, 2.05) is 72.8 Å². The van der Waals surface area contributed by atoms with Crippen LogP contribution in [0.15, 0.2) is 72.8 Å². The lowest BCUT2D eigenvalue weighted by Crippen LogP contribution is -2.56. The number of nitrogens with zero attached hydrogens (tertiary/aromatic N) is 1. The molecule has 1 unspecified atom stereocenters. The predicted molar refractivity (Wildman–Crippen MR) is 146 cm³/mol. The van der Waals surface area contributed by atoms with Gasteiger partial charge in [0.15, 0.2) is 6.29 Å². The number of cyclic esters (lactones) is 1. The fraction of sp³-hybridized carbons (Fsp3) is 0.355. The Morgan fingerprint density at radius 2 is 1.67 bits per heavy atom. The van der Waals surface area contributed by atoms with Crippen molar-refractivity contribution in [3.63, 3.8) is 0 Å². The summed E-state index contributed by atoms with van der Waals surface area (Å²) in [6.07, 6.45) is -0.692. The fourth-order valence-corrected chi connectivity index (χ4v) is 4.67. The molecular weight excluding hydrogens is 498 g/mol. The molecule has 1 saturated heterocycles. The number of ether oxygens (including phenoxy) is 5. The van der Waals surface area contributed by atoms with Crippen LogP contribution in [0.1, 0.15) is 31.3 Å². The van der Waals surface area contributed by atoms with Gasteiger partial charge in [-0.1, -0.05) is 60.7 Å². The molecule has 0 saturated carbocycles. The van der Waals surface area contributed by atoms with Crippen molar-refractivity contribution in [2.24, 2.45) is 0 Å². The van der Waals surface area contributed by atoms with Crippen molar-refractivity contribution < 1.29 is 33.3 Å². The Hall–Kier alpha value is -3.56. The second-order valence-electron chi connectivity index (χ2n) is 9.75. The Balaban J connectivity index is 1.76. The van der Waals surface area contributed by atoms with Crippen molar-refractivity contribution in [1.29, 1.82) is 0 Å². The van der Waals surface area contributed by atoms with Crippen molar-refractivity contribution in [2.45, 2.75) is 32.3 Å². The van der Waals surface area contributed by atoms with E-state index in [1.54, 1.807) is 33.0 Å². The summed E-state index contributed by atoms with van der Waals surface area (Å²) in [5, 5.41) is 0. The molecule has 1 aliphatic heterocycles. The van der Waals surface area contributed by atoms with Crippen LogP contribution in [0.5, 0.6) is 0 Å². The molecule has 8 nitrogen and oxygen atoms in total. The van der Waals surface area contributed by atoms with Gasteiger partial charge in [-0.2, -0.15) is 0 Å². The third-order valence-electron chi connectivity index (χ3n) is 6.81. The molecule has 0 radical (unpaired) electrons. The molecule has 1 fully saturated rings. The van der Waals surface area contributed by atoms with E-state index in [0.29, 0.717) is 6.54 Å². The Morgan fingerprint density at radius 3 is 2.28 bits per heavy atom. The Kier molecular flexibility index (Phi) is 9.48. The van der Waals surface area contributed by atoms with Crippen LogP contribution in [0.25, 0.3) is 22.3 Å². The molecule has 39 heavy (non-hydrogen) atoms. The van der Waals surface area contributed by atoms with Gasteiger partial charge in [-0.15, -0.1) is 0 Å². The minimum absolute atomic E-state index is 0.0131. The lowest BCUT2D eigenvalue weighted by Gasteiger charge is -2.37. The molecule has 0 N–H and O–H groups in total. The average Bonchev–Trinajstić information content (AvgIpc) is 2.96. The van der Waals surface area contributed by atoms with Gasteiger partial charge in [-0.25, -0.2) is 0 Å². The number of rotatable bonds is 11. The van der Waals surface area contributed by atoms with Crippen LogP contribution in [0.3, 0.4) is 0 Å². The molecule has 4 rings (SSSR count). The maximum Gasteiger partial charge on any atom is 0.326 e. The zero-order valence-electron chi connectivity index (χ0n) is 22.8. The summed E-state index contributed by atoms with van der Waals surface area (Å²) < 4.78 is 27.5. The SMILES string of the molecule is COCOC(OC)c1cc(COC(=O)C(C)(C)N2CCOC(=O)C2)c(-c2ccccc2)c(-c2ccccc2)c1. The molecule has 8 heteroatoms. The maximum absolute atomic E-state index is 13.4. The summed E-state index contributed by atoms with van der Waals surface area (Å²) in [5.41, 5.74) is 4.42. The molecule has 0 aromatic heterocycles. The third-order valence-corrected chi connectivity index (χ3v) is 6.81. The number of hydrogen-bond donors (Lipinski definition) is 0. The quantitative estimate of drug-likeness (QED) is 0.253. The Bertz CT molecular complexity index is 1260. The molecule has 0 spiro atoms. The number of hydrogen-bond acceptors (Lipinski definition) is 8. The average molecular weight is 534 g/mol. The lowest BCUT2D eigenvalue weighted by atomic mass is 9.88. The van der Waals surface area contributed by atoms with Gasteiger partial charge in [-0.3, -0.25) is 14.5 Å². The number of methoxy groups -OCH3 is 2. The van der Waals surface area contributed by atoms with E-state index in [0.717, 1.165) is 33.4 Å². The van der Waals surface area contributed by atoms with E-state index in [1.165, 1.54) is 0 Å². The van der Waals surface area contributed by atoms with Gasteiger partial charge in [0.1, 0.15) is 25.5 Å². The molecule has 1 heterocycles. The molecule has 1 aliphatic rings. The normalized spacial score (nSPS) is 15.0. The van der Waals surface area contributed by atoms with Gasteiger partial charge in [0.25, 0.3) is 0 Å². The smallest absolute Gasteiger partial charge is 0.326 e. The first-order chi connectivity index (χ1) is 18.8. The van der Waals surface area contributed by atoms with Crippen LogP contribution >= 0.6 is 0 Å². The van der Waals surface area contributed by atoms with Gasteiger partial charge in [-0.05, 0) is 53.8 Å². The van der Waals surface area contributed by atoms with Gasteiger partial charge in [0.05, 0.1) is 6.54 Å². The molecule has 0 aliphatic carbocycles. The molecule has 3 aromatic rings. The molecular formula is C31H35NO7. The largest absolute Gasteiger partial charge is 0.463 e. The minimum atomic E-state index is -1.01. The van der Waals surface area contributed by atoms with Crippen LogP contribution in [-0.2, 0) is 39.9 Å². The summed E-state index contributed by atoms with van der Waals surface area (Å²) in [6.45, 7) is 4.33. The first-order valence-corrected chi connectivity index (χ1v) is 12.8. The Labute approximate surface area is 229 Å². The number of carbonyl (C=O) groups is 2. The van der Waals surface area contributed by atoms with Crippen molar-refractivity contribution in [3.05, 3.63) is 83.9 Å². The second-order valence-corrected chi connectivity index (χ2v) is 9.75. The van der Waals surface area contributed by atoms with Gasteiger partial charge in [0, 0.05) is 26.3 Å². The van der Waals surface area contributed by atoms with E-state index in [-0.39, 0.29) is 32.5 Å². The first-order valence-electron chi connectivity index (χ1n) is 12.8. The van der Waals surface area contributed by atoms with Gasteiger partial charge in [0.2, 0.25) is 0 Å². The molecule has 0 amide bonds. The van der Waals surface area contributed by atoms with Crippen molar-refractivity contribution in [3.8, 4) is 22.3 Å². The van der Waals surface area contributed by atoms with Crippen molar-refractivity contribution in [1.82, 2.24) is 4.90 Å². The Morgan fingerprint density at radius 1 is 1.00 bits per heavy atom. The monoisotopic (exact) mass is 533 g/mol. The topological polar surface area (TPSA) is 83.5 Å². The van der Waals surface area contributed by atoms with Crippen LogP contribution in [0.4, 0.5) is 0 Å². The van der Waals surface area contributed by atoms with E-state index in [4.69, 9.17) is 23.7 Å². The summed E-state index contributed by atoms with van der Waals surface area (Å²) >= 11 is 0. The van der Waals surface area contributed by atoms with Crippen LogP contribution in [0, 0.1) is 0 Å². The van der Waals surface area contributed by atoms with Crippen LogP contribution in [-0.4, -0.2) is 63.1 Å². The van der Waals surface area contributed by atoms with Crippen LogP contribution < -0.4 is 0 Å². The van der Waals surface area contributed by atoms with Gasteiger partial charge < -0.3 is 23.7 Å². The highest BCUT2D eigenvalue weighted by atomic mass is 16.7. The van der Waals surface area contributed by atoms with Gasteiger partial charge >= 0.3 is 11.9 Å². The molecule has 1 atom stereocenters. The number of esters is 2. The predicted octanol–water partition coefficient (Wildman–Crippen LogP) is 4.97. The fourth-order valence-electron chi connectivity index (χ4n) is 4.67. The molecule has 3 aromatic carbocycles. The zero-order chi connectivity index (χ0) is 27.8. The van der Waals surface area contributed by atoms with Crippen molar-refractivity contribution in [2.75, 3.05) is 40.7 Å². The minimum Gasteiger partial charge on any atom is -0.463 e. The third kappa shape index (κ3) is 6.72. The number of morpholine rings is 1. The standard InChI is InChI=1S/C31H35NO7/c1-31(2,32-15-16-37-27(33)19-32)30(34)38-20-25-17-24(29(36-4)39-21-35-3)18-26(22-11-7-5-8-12-22)28(25)23-13-9-6-10-14-23/h5-14,17-18,29H,15-16,19-21H2,1-4H3. The van der Waals surface area contributed by atoms with E-state index in [2.05, 4.69) is 0 Å². The molecule has 0 bridgehead atoms. The van der Waals surface area contributed by atoms with E-state index >= 15 is 0 Å². The number of benzene rings is 3. The van der Waals surface area contributed by atoms with E-state index < -0.39 is 17.8 Å². The highest BCUT2D eigenvalue weighted by Crippen LogP contribution is 2.39. The first kappa shape index (κ1) is 28.4. The highest BCUT2D eigenvalue weighted by molar-refractivity contribution is 5.87. The van der Waals surface area contributed by atoms with E-state index in [9.17, 15) is 9.59 Å². The zero-order valence-corrected chi connectivity index (χ0v) is 22.8. The molecule has 206 valence electrons. The summed E-state index contributed by atoms with van der Waals surface area (Å²) in [5.74, 6) is -0.780. The van der Waals surface area contributed by atoms with Crippen molar-refractivity contribution >= 4 is 11.9 Å². The lowest BCUT2D eigenvalue weighted by molar-refractivity contribution is -0.180. The highest BCUT2D eigenvalue weighted by Gasteiger charge is 2.39. The summed E-state index contributed by atoms with van der Waals surface area (Å²) in [7, 11) is 3.12. The van der Waals surface area contributed by atoms with Crippen LogP contribution in [0.2, 0.25) is 0 Å². The summed E-state index contributed by atoms with van der Waals surface area (Å²) in [4.78, 5) is 27.0. The summed E-state index contributed by atoms with van der Waals surface area (Å²) in [6, 6.07) is 24.0. The number of carbonyl (C=O) groups excluding carboxylic acids is 2.